The Morgan fingerprint density at radius 2 is 2.00 bits per heavy atom. The van der Waals surface area contributed by atoms with Crippen molar-refractivity contribution in [2.75, 3.05) is 12.4 Å². The van der Waals surface area contributed by atoms with Crippen LogP contribution in [0.25, 0.3) is 11.3 Å². The molecule has 1 N–H and O–H groups in total. The number of ether oxygens (including phenoxy) is 1. The van der Waals surface area contributed by atoms with Crippen molar-refractivity contribution in [3.05, 3.63) is 64.3 Å². The summed E-state index contributed by atoms with van der Waals surface area (Å²) in [6.07, 6.45) is 1.85. The van der Waals surface area contributed by atoms with Gasteiger partial charge in [-0.1, -0.05) is 6.07 Å². The zero-order chi connectivity index (χ0) is 17.4. The van der Waals surface area contributed by atoms with E-state index in [2.05, 4.69) is 16.4 Å². The van der Waals surface area contributed by atoms with Gasteiger partial charge >= 0.3 is 0 Å². The maximum atomic E-state index is 13.0. The lowest BCUT2D eigenvalue weighted by Gasteiger charge is -2.15. The van der Waals surface area contributed by atoms with Gasteiger partial charge in [-0.3, -0.25) is 10.1 Å². The number of nitrogens with zero attached hydrogens (tertiary/aromatic N) is 1. The van der Waals surface area contributed by atoms with Gasteiger partial charge in [0, 0.05) is 16.0 Å². The van der Waals surface area contributed by atoms with Gasteiger partial charge in [0.25, 0.3) is 5.91 Å². The molecule has 6 heteroatoms. The van der Waals surface area contributed by atoms with E-state index in [1.54, 1.807) is 7.11 Å². The molecule has 0 saturated carbocycles. The van der Waals surface area contributed by atoms with Crippen LogP contribution in [0.2, 0.25) is 0 Å². The summed E-state index contributed by atoms with van der Waals surface area (Å²) < 4.78 is 18.3. The minimum Gasteiger partial charge on any atom is -0.497 e. The van der Waals surface area contributed by atoms with Crippen LogP contribution in [-0.4, -0.2) is 18.0 Å². The molecule has 0 unspecified atom stereocenters. The van der Waals surface area contributed by atoms with Gasteiger partial charge < -0.3 is 4.74 Å². The Kier molecular flexibility index (Phi) is 3.97. The molecule has 0 fully saturated rings. The van der Waals surface area contributed by atoms with Crippen molar-refractivity contribution in [1.29, 1.82) is 0 Å². The lowest BCUT2D eigenvalue weighted by molar-refractivity contribution is 0.102. The van der Waals surface area contributed by atoms with Gasteiger partial charge in [0.15, 0.2) is 5.13 Å². The van der Waals surface area contributed by atoms with Crippen molar-refractivity contribution in [3.63, 3.8) is 0 Å². The number of halogens is 1. The molecule has 0 atom stereocenters. The molecular formula is C19H15FN2O2S. The Bertz CT molecular complexity index is 951. The molecule has 0 saturated heterocycles. The van der Waals surface area contributed by atoms with Crippen molar-refractivity contribution in [3.8, 4) is 17.0 Å². The molecule has 1 amide bonds. The largest absolute Gasteiger partial charge is 0.497 e. The molecule has 4 rings (SSSR count). The molecule has 2 aromatic carbocycles. The summed E-state index contributed by atoms with van der Waals surface area (Å²) in [5.41, 5.74) is 3.59. The Balaban J connectivity index is 1.63. The molecule has 126 valence electrons. The Labute approximate surface area is 148 Å². The molecule has 3 aromatic rings. The van der Waals surface area contributed by atoms with Crippen molar-refractivity contribution in [2.45, 2.75) is 12.8 Å². The van der Waals surface area contributed by atoms with Gasteiger partial charge in [0.2, 0.25) is 0 Å². The summed E-state index contributed by atoms with van der Waals surface area (Å²) in [6.45, 7) is 0. The van der Waals surface area contributed by atoms with Crippen LogP contribution in [0.1, 0.15) is 20.8 Å². The predicted molar refractivity (Wildman–Crippen MR) is 95.9 cm³/mol. The Morgan fingerprint density at radius 1 is 1.20 bits per heavy atom. The molecule has 0 bridgehead atoms. The average Bonchev–Trinajstić information content (AvgIpc) is 3.04. The molecule has 1 aliphatic rings. The molecule has 25 heavy (non-hydrogen) atoms. The van der Waals surface area contributed by atoms with Crippen molar-refractivity contribution >= 4 is 22.4 Å². The van der Waals surface area contributed by atoms with E-state index in [9.17, 15) is 9.18 Å². The van der Waals surface area contributed by atoms with Gasteiger partial charge in [0.1, 0.15) is 11.6 Å². The molecule has 4 nitrogen and oxygen atoms in total. The first-order valence-corrected chi connectivity index (χ1v) is 8.69. The van der Waals surface area contributed by atoms with Crippen LogP contribution < -0.4 is 10.1 Å². The number of carbonyl (C=O) groups is 1. The number of fused-ring (bicyclic) bond motifs is 3. The number of aromatic nitrogens is 1. The summed E-state index contributed by atoms with van der Waals surface area (Å²) in [5.74, 6) is 0.125. The van der Waals surface area contributed by atoms with Crippen molar-refractivity contribution < 1.29 is 13.9 Å². The number of hydrogen-bond donors (Lipinski definition) is 1. The number of thiazole rings is 1. The number of amides is 1. The highest BCUT2D eigenvalue weighted by Gasteiger charge is 2.22. The van der Waals surface area contributed by atoms with E-state index in [1.165, 1.54) is 41.2 Å². The fourth-order valence-electron chi connectivity index (χ4n) is 2.92. The number of aryl methyl sites for hydroxylation is 2. The number of hydrogen-bond acceptors (Lipinski definition) is 4. The van der Waals surface area contributed by atoms with E-state index in [-0.39, 0.29) is 11.7 Å². The second kappa shape index (κ2) is 6.29. The van der Waals surface area contributed by atoms with Crippen LogP contribution in [0.5, 0.6) is 5.75 Å². The average molecular weight is 354 g/mol. The lowest BCUT2D eigenvalue weighted by atomic mass is 9.93. The number of methoxy groups -OCH3 is 1. The summed E-state index contributed by atoms with van der Waals surface area (Å²) >= 11 is 1.48. The van der Waals surface area contributed by atoms with Gasteiger partial charge in [-0.15, -0.1) is 11.3 Å². The SMILES string of the molecule is COc1ccc2c(c1)-c1nc(NC(=O)c3ccc(F)cc3)sc1CC2. The van der Waals surface area contributed by atoms with Crippen LogP contribution in [0.4, 0.5) is 9.52 Å². The standard InChI is InChI=1S/C19H15FN2O2S/c1-24-14-8-4-11-5-9-16-17(15(11)10-14)21-19(25-16)22-18(23)12-2-6-13(20)7-3-12/h2-4,6-8,10H,5,9H2,1H3,(H,21,22,23). The molecule has 1 aromatic heterocycles. The summed E-state index contributed by atoms with van der Waals surface area (Å²) in [6, 6.07) is 11.4. The third-order valence-electron chi connectivity index (χ3n) is 4.22. The Morgan fingerprint density at radius 3 is 2.76 bits per heavy atom. The van der Waals surface area contributed by atoms with E-state index >= 15 is 0 Å². The second-order valence-corrected chi connectivity index (χ2v) is 6.86. The van der Waals surface area contributed by atoms with Crippen molar-refractivity contribution in [1.82, 2.24) is 4.98 Å². The van der Waals surface area contributed by atoms with Crippen LogP contribution in [0.15, 0.2) is 42.5 Å². The lowest BCUT2D eigenvalue weighted by Crippen LogP contribution is -2.11. The fourth-order valence-corrected chi connectivity index (χ4v) is 3.90. The van der Waals surface area contributed by atoms with Crippen molar-refractivity contribution in [2.24, 2.45) is 0 Å². The highest BCUT2D eigenvalue weighted by Crippen LogP contribution is 2.39. The summed E-state index contributed by atoms with van der Waals surface area (Å²) in [4.78, 5) is 18.1. The van der Waals surface area contributed by atoms with Gasteiger partial charge in [-0.25, -0.2) is 9.37 Å². The van der Waals surface area contributed by atoms with Crippen LogP contribution in [-0.2, 0) is 12.8 Å². The van der Waals surface area contributed by atoms with Gasteiger partial charge in [-0.2, -0.15) is 0 Å². The number of carbonyl (C=O) groups excluding carboxylic acids is 1. The maximum Gasteiger partial charge on any atom is 0.257 e. The third kappa shape index (κ3) is 3.00. The van der Waals surface area contributed by atoms with E-state index in [4.69, 9.17) is 4.74 Å². The molecule has 0 spiro atoms. The molecule has 1 heterocycles. The smallest absolute Gasteiger partial charge is 0.257 e. The number of rotatable bonds is 3. The number of anilines is 1. The van der Waals surface area contributed by atoms with E-state index in [0.29, 0.717) is 10.7 Å². The minimum atomic E-state index is -0.369. The highest BCUT2D eigenvalue weighted by molar-refractivity contribution is 7.16. The zero-order valence-electron chi connectivity index (χ0n) is 13.5. The molecule has 1 aliphatic carbocycles. The number of benzene rings is 2. The van der Waals surface area contributed by atoms with Crippen LogP contribution in [0.3, 0.4) is 0 Å². The summed E-state index contributed by atoms with van der Waals surface area (Å²) in [7, 11) is 1.64. The minimum absolute atomic E-state index is 0.294. The molecular weight excluding hydrogens is 339 g/mol. The normalized spacial score (nSPS) is 12.2. The molecule has 0 radical (unpaired) electrons. The first kappa shape index (κ1) is 15.8. The Hall–Kier alpha value is -2.73. The van der Waals surface area contributed by atoms with Crippen LogP contribution >= 0.6 is 11.3 Å². The predicted octanol–water partition coefficient (Wildman–Crippen LogP) is 4.31. The van der Waals surface area contributed by atoms with Gasteiger partial charge in [0.05, 0.1) is 12.8 Å². The zero-order valence-corrected chi connectivity index (χ0v) is 14.3. The topological polar surface area (TPSA) is 51.2 Å². The van der Waals surface area contributed by atoms with Gasteiger partial charge in [-0.05, 0) is 54.8 Å². The van der Waals surface area contributed by atoms with E-state index in [1.807, 2.05) is 12.1 Å². The highest BCUT2D eigenvalue weighted by atomic mass is 32.1. The third-order valence-corrected chi connectivity index (χ3v) is 5.25. The fraction of sp³-hybridized carbons (Fsp3) is 0.158. The molecule has 0 aliphatic heterocycles. The van der Waals surface area contributed by atoms with E-state index < -0.39 is 0 Å². The van der Waals surface area contributed by atoms with Crippen LogP contribution in [0, 0.1) is 5.82 Å². The van der Waals surface area contributed by atoms with E-state index in [0.717, 1.165) is 34.7 Å². The second-order valence-electron chi connectivity index (χ2n) is 5.77. The summed E-state index contributed by atoms with van der Waals surface area (Å²) in [5, 5.41) is 3.36. The first-order chi connectivity index (χ1) is 12.1. The first-order valence-electron chi connectivity index (χ1n) is 7.88. The quantitative estimate of drug-likeness (QED) is 0.763. The monoisotopic (exact) mass is 354 g/mol. The number of nitrogens with one attached hydrogen (secondary N) is 1. The maximum absolute atomic E-state index is 13.0.